The van der Waals surface area contributed by atoms with Gasteiger partial charge in [-0.15, -0.1) is 11.3 Å². The van der Waals surface area contributed by atoms with Crippen LogP contribution in [0.3, 0.4) is 0 Å². The lowest BCUT2D eigenvalue weighted by molar-refractivity contribution is 0.426. The quantitative estimate of drug-likeness (QED) is 0.525. The predicted molar refractivity (Wildman–Crippen MR) is 102 cm³/mol. The maximum absolute atomic E-state index is 12.4. The maximum atomic E-state index is 12.4. The molecular formula is C16H18N4O3S3. The number of thiophene rings is 1. The maximum Gasteiger partial charge on any atom is 0.268 e. The standard InChI is InChI=1S/C16H18N4O3S3/c1-3-20(4-2)26(21,22)12-7-8-15(17-10-12)25-11-14-18-16(23-19-14)13-6-5-9-24-13/h5-10H,3-4,11H2,1-2H3. The van der Waals surface area contributed by atoms with Crippen molar-refractivity contribution in [3.63, 3.8) is 0 Å². The lowest BCUT2D eigenvalue weighted by Gasteiger charge is -2.18. The fourth-order valence-electron chi connectivity index (χ4n) is 2.27. The monoisotopic (exact) mass is 410 g/mol. The number of rotatable bonds is 8. The number of pyridine rings is 1. The Morgan fingerprint density at radius 2 is 2.04 bits per heavy atom. The van der Waals surface area contributed by atoms with Crippen LogP contribution in [0.1, 0.15) is 19.7 Å². The lowest BCUT2D eigenvalue weighted by atomic mass is 10.5. The van der Waals surface area contributed by atoms with Gasteiger partial charge in [0.1, 0.15) is 4.90 Å². The summed E-state index contributed by atoms with van der Waals surface area (Å²) in [5.74, 6) is 1.56. The van der Waals surface area contributed by atoms with Gasteiger partial charge in [0.15, 0.2) is 5.82 Å². The first-order chi connectivity index (χ1) is 12.5. The van der Waals surface area contributed by atoms with Crippen molar-refractivity contribution in [2.75, 3.05) is 13.1 Å². The van der Waals surface area contributed by atoms with Gasteiger partial charge in [-0.25, -0.2) is 13.4 Å². The van der Waals surface area contributed by atoms with E-state index in [1.807, 2.05) is 31.4 Å². The molecule has 10 heteroatoms. The van der Waals surface area contributed by atoms with Gasteiger partial charge in [-0.2, -0.15) is 9.29 Å². The van der Waals surface area contributed by atoms with Crippen LogP contribution in [0, 0.1) is 0 Å². The molecule has 0 aliphatic rings. The van der Waals surface area contributed by atoms with Crippen molar-refractivity contribution in [1.29, 1.82) is 0 Å². The highest BCUT2D eigenvalue weighted by Gasteiger charge is 2.21. The predicted octanol–water partition coefficient (Wildman–Crippen LogP) is 3.52. The third-order valence-corrected chi connectivity index (χ3v) is 7.43. The molecule has 0 saturated heterocycles. The smallest absolute Gasteiger partial charge is 0.268 e. The molecule has 3 aromatic rings. The second kappa shape index (κ2) is 8.30. The fourth-order valence-corrected chi connectivity index (χ4v) is 5.00. The molecule has 0 atom stereocenters. The average molecular weight is 411 g/mol. The zero-order chi connectivity index (χ0) is 18.6. The molecule has 0 aromatic carbocycles. The molecule has 0 unspecified atom stereocenters. The van der Waals surface area contributed by atoms with Crippen LogP contribution in [0.5, 0.6) is 0 Å². The number of thioether (sulfide) groups is 1. The zero-order valence-electron chi connectivity index (χ0n) is 14.3. The van der Waals surface area contributed by atoms with Gasteiger partial charge in [0.2, 0.25) is 10.0 Å². The van der Waals surface area contributed by atoms with Crippen molar-refractivity contribution in [3.05, 3.63) is 41.7 Å². The van der Waals surface area contributed by atoms with E-state index in [0.29, 0.717) is 35.6 Å². The molecule has 3 heterocycles. The molecule has 0 saturated carbocycles. The molecule has 26 heavy (non-hydrogen) atoms. The molecule has 0 radical (unpaired) electrons. The molecule has 0 aliphatic heterocycles. The van der Waals surface area contributed by atoms with Crippen LogP contribution < -0.4 is 0 Å². The number of hydrogen-bond acceptors (Lipinski definition) is 8. The Morgan fingerprint density at radius 3 is 2.65 bits per heavy atom. The molecule has 138 valence electrons. The Kier molecular flexibility index (Phi) is 6.07. The molecule has 3 aromatic heterocycles. The molecule has 0 fully saturated rings. The Labute approximate surface area is 160 Å². The van der Waals surface area contributed by atoms with E-state index in [1.54, 1.807) is 12.1 Å². The molecule has 7 nitrogen and oxygen atoms in total. The van der Waals surface area contributed by atoms with Crippen molar-refractivity contribution in [2.45, 2.75) is 29.5 Å². The van der Waals surface area contributed by atoms with Crippen molar-refractivity contribution in [1.82, 2.24) is 19.4 Å². The third kappa shape index (κ3) is 4.14. The van der Waals surface area contributed by atoms with Crippen LogP contribution >= 0.6 is 23.1 Å². The van der Waals surface area contributed by atoms with E-state index in [2.05, 4.69) is 15.1 Å². The molecule has 0 aliphatic carbocycles. The van der Waals surface area contributed by atoms with Crippen LogP contribution in [-0.4, -0.2) is 40.9 Å². The number of nitrogens with zero attached hydrogens (tertiary/aromatic N) is 4. The van der Waals surface area contributed by atoms with E-state index in [9.17, 15) is 8.42 Å². The molecule has 0 bridgehead atoms. The van der Waals surface area contributed by atoms with Crippen LogP contribution in [-0.2, 0) is 15.8 Å². The van der Waals surface area contributed by atoms with E-state index in [-0.39, 0.29) is 4.90 Å². The Hall–Kier alpha value is -1.75. The lowest BCUT2D eigenvalue weighted by Crippen LogP contribution is -2.30. The van der Waals surface area contributed by atoms with Gasteiger partial charge in [-0.3, -0.25) is 0 Å². The first-order valence-corrected chi connectivity index (χ1v) is 11.3. The highest BCUT2D eigenvalue weighted by atomic mass is 32.2. The van der Waals surface area contributed by atoms with Gasteiger partial charge >= 0.3 is 0 Å². The van der Waals surface area contributed by atoms with Crippen LogP contribution in [0.25, 0.3) is 10.8 Å². The SMILES string of the molecule is CCN(CC)S(=O)(=O)c1ccc(SCc2noc(-c3cccs3)n2)nc1. The third-order valence-electron chi connectivity index (χ3n) is 3.60. The highest BCUT2D eigenvalue weighted by molar-refractivity contribution is 7.98. The van der Waals surface area contributed by atoms with Gasteiger partial charge in [-0.05, 0) is 23.6 Å². The summed E-state index contributed by atoms with van der Waals surface area (Å²) in [4.78, 5) is 9.72. The van der Waals surface area contributed by atoms with E-state index in [0.717, 1.165) is 4.88 Å². The van der Waals surface area contributed by atoms with Gasteiger partial charge in [-0.1, -0.05) is 36.8 Å². The van der Waals surface area contributed by atoms with Crippen molar-refractivity contribution in [3.8, 4) is 10.8 Å². The van der Waals surface area contributed by atoms with Crippen LogP contribution in [0.2, 0.25) is 0 Å². The zero-order valence-corrected chi connectivity index (χ0v) is 16.8. The van der Waals surface area contributed by atoms with Gasteiger partial charge < -0.3 is 4.52 Å². The largest absolute Gasteiger partial charge is 0.333 e. The summed E-state index contributed by atoms with van der Waals surface area (Å²) < 4.78 is 31.5. The van der Waals surface area contributed by atoms with Gasteiger partial charge in [0.05, 0.1) is 15.7 Å². The second-order valence-corrected chi connectivity index (χ2v) is 9.08. The highest BCUT2D eigenvalue weighted by Crippen LogP contribution is 2.25. The van der Waals surface area contributed by atoms with Gasteiger partial charge in [0, 0.05) is 19.3 Å². The summed E-state index contributed by atoms with van der Waals surface area (Å²) in [7, 11) is -3.48. The topological polar surface area (TPSA) is 89.2 Å². The van der Waals surface area contributed by atoms with Crippen molar-refractivity contribution in [2.24, 2.45) is 0 Å². The van der Waals surface area contributed by atoms with E-state index in [4.69, 9.17) is 4.52 Å². The fraction of sp³-hybridized carbons (Fsp3) is 0.312. The number of sulfonamides is 1. The summed E-state index contributed by atoms with van der Waals surface area (Å²) in [5, 5.41) is 6.61. The molecule has 0 spiro atoms. The summed E-state index contributed by atoms with van der Waals surface area (Å²) >= 11 is 2.96. The minimum absolute atomic E-state index is 0.199. The second-order valence-electron chi connectivity index (χ2n) is 5.20. The molecular weight excluding hydrogens is 392 g/mol. The Bertz CT molecular complexity index is 934. The summed E-state index contributed by atoms with van der Waals surface area (Å²) in [6.45, 7) is 4.49. The van der Waals surface area contributed by atoms with Crippen LogP contribution in [0.4, 0.5) is 0 Å². The van der Waals surface area contributed by atoms with Gasteiger partial charge in [0.25, 0.3) is 5.89 Å². The van der Waals surface area contributed by atoms with E-state index >= 15 is 0 Å². The van der Waals surface area contributed by atoms with E-state index < -0.39 is 10.0 Å². The molecule has 0 N–H and O–H groups in total. The van der Waals surface area contributed by atoms with Crippen molar-refractivity contribution < 1.29 is 12.9 Å². The van der Waals surface area contributed by atoms with E-state index in [1.165, 1.54) is 33.6 Å². The number of aromatic nitrogens is 3. The summed E-state index contributed by atoms with van der Waals surface area (Å²) in [6.07, 6.45) is 1.39. The average Bonchev–Trinajstić information content (AvgIpc) is 3.32. The van der Waals surface area contributed by atoms with Crippen LogP contribution in [0.15, 0.2) is 50.3 Å². The minimum atomic E-state index is -3.48. The molecule has 3 rings (SSSR count). The van der Waals surface area contributed by atoms with Crippen molar-refractivity contribution >= 4 is 33.1 Å². The summed E-state index contributed by atoms with van der Waals surface area (Å²) in [6, 6.07) is 7.12. The minimum Gasteiger partial charge on any atom is -0.333 e. The normalized spacial score (nSPS) is 12.0. The summed E-state index contributed by atoms with van der Waals surface area (Å²) in [5.41, 5.74) is 0. The Balaban J connectivity index is 1.65. The number of hydrogen-bond donors (Lipinski definition) is 0. The first-order valence-electron chi connectivity index (χ1n) is 8.00. The Morgan fingerprint density at radius 1 is 1.23 bits per heavy atom. The first kappa shape index (κ1) is 19.0. The molecule has 0 amide bonds.